The zero-order valence-electron chi connectivity index (χ0n) is 23.4. The second kappa shape index (κ2) is 15.5. The van der Waals surface area contributed by atoms with E-state index in [1.807, 2.05) is 30.3 Å². The van der Waals surface area contributed by atoms with Crippen LogP contribution in [0.4, 0.5) is 0 Å². The third-order valence-electron chi connectivity index (χ3n) is 6.02. The number of hydrogen-bond acceptors (Lipinski definition) is 8. The van der Waals surface area contributed by atoms with Crippen molar-refractivity contribution in [1.29, 1.82) is 5.41 Å². The highest BCUT2D eigenvalue weighted by molar-refractivity contribution is 5.95. The van der Waals surface area contributed by atoms with Crippen LogP contribution in [0, 0.1) is 12.3 Å². The van der Waals surface area contributed by atoms with E-state index in [0.29, 0.717) is 23.3 Å². The smallest absolute Gasteiger partial charge is 0.347 e. The van der Waals surface area contributed by atoms with Crippen LogP contribution in [0.2, 0.25) is 0 Å². The lowest BCUT2D eigenvalue weighted by Gasteiger charge is -2.13. The first-order chi connectivity index (χ1) is 20.1. The SMILES string of the molecule is Cc1cc(C(=O)Oc2ccc(C(=N)N)cc2)ccc1/C=C/C(=O)NCCCC(=O)OC(C)C(=O)OCc1ccccc1. The van der Waals surface area contributed by atoms with Gasteiger partial charge in [0.2, 0.25) is 5.91 Å². The fourth-order valence-corrected chi connectivity index (χ4v) is 3.68. The van der Waals surface area contributed by atoms with Crippen molar-refractivity contribution in [1.82, 2.24) is 5.32 Å². The summed E-state index contributed by atoms with van der Waals surface area (Å²) in [5.41, 5.74) is 8.63. The molecule has 3 rings (SSSR count). The van der Waals surface area contributed by atoms with Gasteiger partial charge in [-0.25, -0.2) is 9.59 Å². The summed E-state index contributed by atoms with van der Waals surface area (Å²) in [5.74, 6) is -1.84. The minimum atomic E-state index is -1.03. The Morgan fingerprint density at radius 2 is 1.67 bits per heavy atom. The van der Waals surface area contributed by atoms with Crippen molar-refractivity contribution in [3.05, 3.63) is 107 Å². The first-order valence-electron chi connectivity index (χ1n) is 13.3. The molecule has 0 bridgehead atoms. The lowest BCUT2D eigenvalue weighted by Crippen LogP contribution is -2.27. The Morgan fingerprint density at radius 3 is 2.33 bits per heavy atom. The second-order valence-corrected chi connectivity index (χ2v) is 9.35. The Kier molecular flexibility index (Phi) is 11.6. The van der Waals surface area contributed by atoms with E-state index in [4.69, 9.17) is 25.4 Å². The average molecular weight is 572 g/mol. The number of hydrogen-bond donors (Lipinski definition) is 3. The summed E-state index contributed by atoms with van der Waals surface area (Å²) in [6.45, 7) is 3.59. The molecule has 10 nitrogen and oxygen atoms in total. The monoisotopic (exact) mass is 571 g/mol. The van der Waals surface area contributed by atoms with Crippen LogP contribution in [-0.2, 0) is 30.5 Å². The molecule has 3 aromatic carbocycles. The molecular formula is C32H33N3O7. The molecule has 0 saturated carbocycles. The van der Waals surface area contributed by atoms with Crippen LogP contribution in [0.3, 0.4) is 0 Å². The highest BCUT2D eigenvalue weighted by atomic mass is 16.6. The Hall–Kier alpha value is -5.25. The fourth-order valence-electron chi connectivity index (χ4n) is 3.68. The molecule has 0 saturated heterocycles. The molecule has 0 aliphatic rings. The van der Waals surface area contributed by atoms with Crippen molar-refractivity contribution in [2.24, 2.45) is 5.73 Å². The Labute approximate surface area is 244 Å². The van der Waals surface area contributed by atoms with Crippen LogP contribution in [-0.4, -0.2) is 42.3 Å². The van der Waals surface area contributed by atoms with Gasteiger partial charge in [-0.2, -0.15) is 0 Å². The van der Waals surface area contributed by atoms with Crippen LogP contribution in [0.15, 0.2) is 78.9 Å². The molecule has 0 heterocycles. The minimum Gasteiger partial charge on any atom is -0.458 e. The van der Waals surface area contributed by atoms with E-state index in [0.717, 1.165) is 16.7 Å². The summed E-state index contributed by atoms with van der Waals surface area (Å²) < 4.78 is 15.6. The summed E-state index contributed by atoms with van der Waals surface area (Å²) in [6.07, 6.45) is 2.31. The fraction of sp³-hybridized carbons (Fsp3) is 0.219. The molecule has 0 fully saturated rings. The third-order valence-corrected chi connectivity index (χ3v) is 6.02. The van der Waals surface area contributed by atoms with Gasteiger partial charge in [-0.1, -0.05) is 36.4 Å². The highest BCUT2D eigenvalue weighted by Gasteiger charge is 2.19. The summed E-state index contributed by atoms with van der Waals surface area (Å²) in [7, 11) is 0. The molecule has 1 unspecified atom stereocenters. The van der Waals surface area contributed by atoms with E-state index in [2.05, 4.69) is 5.32 Å². The predicted octanol–water partition coefficient (Wildman–Crippen LogP) is 4.08. The zero-order valence-corrected chi connectivity index (χ0v) is 23.4. The first-order valence-corrected chi connectivity index (χ1v) is 13.3. The van der Waals surface area contributed by atoms with Gasteiger partial charge in [-0.3, -0.25) is 15.0 Å². The molecule has 3 aromatic rings. The van der Waals surface area contributed by atoms with Gasteiger partial charge in [0, 0.05) is 24.6 Å². The van der Waals surface area contributed by atoms with Gasteiger partial charge in [0.15, 0.2) is 6.10 Å². The molecule has 10 heteroatoms. The number of nitrogens with one attached hydrogen (secondary N) is 2. The highest BCUT2D eigenvalue weighted by Crippen LogP contribution is 2.17. The van der Waals surface area contributed by atoms with E-state index in [-0.39, 0.29) is 31.3 Å². The van der Waals surface area contributed by atoms with Crippen molar-refractivity contribution in [3.63, 3.8) is 0 Å². The molecule has 4 N–H and O–H groups in total. The van der Waals surface area contributed by atoms with E-state index in [1.54, 1.807) is 55.5 Å². The second-order valence-electron chi connectivity index (χ2n) is 9.35. The number of carbonyl (C=O) groups is 4. The Balaban J connectivity index is 1.37. The molecule has 0 spiro atoms. The third kappa shape index (κ3) is 10.1. The number of carbonyl (C=O) groups excluding carboxylic acids is 4. The standard InChI is InChI=1S/C32H33N3O7/c1-21-19-26(32(39)42-27-15-12-25(13-16-27)30(33)34)11-10-24(21)14-17-28(36)35-18-6-9-29(37)41-22(2)31(38)40-20-23-7-4-3-5-8-23/h3-5,7-8,10-17,19,22H,6,9,18,20H2,1-2H3,(H3,33,34)(H,35,36)/b17-14+. The zero-order chi connectivity index (χ0) is 30.5. The van der Waals surface area contributed by atoms with Crippen LogP contribution in [0.25, 0.3) is 6.08 Å². The van der Waals surface area contributed by atoms with Crippen molar-refractivity contribution < 1.29 is 33.4 Å². The number of esters is 3. The lowest BCUT2D eigenvalue weighted by atomic mass is 10.0. The van der Waals surface area contributed by atoms with E-state index in [1.165, 1.54) is 13.0 Å². The van der Waals surface area contributed by atoms with Crippen molar-refractivity contribution in [2.75, 3.05) is 6.54 Å². The minimum absolute atomic E-state index is 0.0256. The van der Waals surface area contributed by atoms with Crippen molar-refractivity contribution in [3.8, 4) is 5.75 Å². The van der Waals surface area contributed by atoms with Crippen molar-refractivity contribution >= 4 is 35.7 Å². The number of rotatable bonds is 13. The number of amidine groups is 1. The van der Waals surface area contributed by atoms with Gasteiger partial charge >= 0.3 is 17.9 Å². The van der Waals surface area contributed by atoms with Crippen LogP contribution >= 0.6 is 0 Å². The van der Waals surface area contributed by atoms with Gasteiger partial charge in [-0.15, -0.1) is 0 Å². The lowest BCUT2D eigenvalue weighted by molar-refractivity contribution is -0.167. The molecule has 1 amide bonds. The molecule has 0 aliphatic carbocycles. The van der Waals surface area contributed by atoms with E-state index < -0.39 is 24.0 Å². The Bertz CT molecular complexity index is 1450. The Morgan fingerprint density at radius 1 is 0.976 bits per heavy atom. The quantitative estimate of drug-likeness (QED) is 0.0691. The predicted molar refractivity (Wildman–Crippen MR) is 157 cm³/mol. The largest absolute Gasteiger partial charge is 0.458 e. The molecule has 0 aromatic heterocycles. The molecular weight excluding hydrogens is 538 g/mol. The maximum absolute atomic E-state index is 12.5. The van der Waals surface area contributed by atoms with E-state index >= 15 is 0 Å². The van der Waals surface area contributed by atoms with E-state index in [9.17, 15) is 19.2 Å². The number of nitrogens with two attached hydrogens (primary N) is 1. The topological polar surface area (TPSA) is 158 Å². The van der Waals surface area contributed by atoms with Crippen LogP contribution < -0.4 is 15.8 Å². The average Bonchev–Trinajstić information content (AvgIpc) is 2.98. The normalized spacial score (nSPS) is 11.4. The number of aryl methyl sites for hydroxylation is 1. The number of benzene rings is 3. The van der Waals surface area contributed by atoms with Gasteiger partial charge in [0.25, 0.3) is 0 Å². The van der Waals surface area contributed by atoms with Gasteiger partial charge in [-0.05, 0) is 79.4 Å². The molecule has 0 radical (unpaired) electrons. The summed E-state index contributed by atoms with van der Waals surface area (Å²) >= 11 is 0. The number of amides is 1. The summed E-state index contributed by atoms with van der Waals surface area (Å²) in [5, 5.41) is 10.1. The van der Waals surface area contributed by atoms with Crippen molar-refractivity contribution in [2.45, 2.75) is 39.4 Å². The maximum Gasteiger partial charge on any atom is 0.347 e. The number of ether oxygens (including phenoxy) is 3. The summed E-state index contributed by atoms with van der Waals surface area (Å²) in [6, 6.07) is 20.4. The number of nitrogen functional groups attached to an aromatic ring is 1. The molecule has 1 atom stereocenters. The first kappa shape index (κ1) is 31.3. The molecule has 0 aliphatic heterocycles. The van der Waals surface area contributed by atoms with Gasteiger partial charge < -0.3 is 25.3 Å². The molecule has 218 valence electrons. The van der Waals surface area contributed by atoms with Gasteiger partial charge in [0.05, 0.1) is 5.56 Å². The molecule has 42 heavy (non-hydrogen) atoms. The maximum atomic E-state index is 12.5. The van der Waals surface area contributed by atoms with Crippen LogP contribution in [0.1, 0.15) is 52.4 Å². The van der Waals surface area contributed by atoms with Gasteiger partial charge in [0.1, 0.15) is 18.2 Å². The summed E-state index contributed by atoms with van der Waals surface area (Å²) in [4.78, 5) is 48.8. The van der Waals surface area contributed by atoms with Crippen LogP contribution in [0.5, 0.6) is 5.75 Å².